The summed E-state index contributed by atoms with van der Waals surface area (Å²) in [5.41, 5.74) is 1.21. The van der Waals surface area contributed by atoms with Crippen LogP contribution in [-0.4, -0.2) is 25.7 Å². The van der Waals surface area contributed by atoms with Crippen molar-refractivity contribution in [2.45, 2.75) is 30.6 Å². The summed E-state index contributed by atoms with van der Waals surface area (Å²) in [5.74, 6) is 7.28. The highest BCUT2D eigenvalue weighted by Crippen LogP contribution is 2.38. The van der Waals surface area contributed by atoms with Gasteiger partial charge in [0.1, 0.15) is 17.7 Å². The number of anilines is 2. The Labute approximate surface area is 202 Å². The number of rotatable bonds is 5. The van der Waals surface area contributed by atoms with E-state index in [-0.39, 0.29) is 22.0 Å². The molecule has 2 aromatic heterocycles. The SMILES string of the molecule is COc1ccc(C#CC2CCCC2)cc1N(c1ccon1)S(=O)(=O)c1ccc2[nH]c(=O)ccc2c1. The molecule has 0 amide bonds. The number of ether oxygens (including phenoxy) is 1. The molecule has 0 bridgehead atoms. The molecule has 2 aromatic carbocycles. The molecule has 4 aromatic rings. The van der Waals surface area contributed by atoms with Gasteiger partial charge >= 0.3 is 0 Å². The van der Waals surface area contributed by atoms with Crippen LogP contribution < -0.4 is 14.6 Å². The van der Waals surface area contributed by atoms with Crippen LogP contribution in [0.2, 0.25) is 0 Å². The molecule has 0 saturated heterocycles. The van der Waals surface area contributed by atoms with Gasteiger partial charge in [0.25, 0.3) is 10.0 Å². The maximum Gasteiger partial charge on any atom is 0.270 e. The van der Waals surface area contributed by atoms with Crippen molar-refractivity contribution >= 4 is 32.4 Å². The highest BCUT2D eigenvalue weighted by atomic mass is 32.2. The molecular formula is C26H23N3O5S. The summed E-state index contributed by atoms with van der Waals surface area (Å²) in [6.45, 7) is 0. The van der Waals surface area contributed by atoms with Crippen LogP contribution in [0.4, 0.5) is 11.5 Å². The highest BCUT2D eigenvalue weighted by molar-refractivity contribution is 7.93. The summed E-state index contributed by atoms with van der Waals surface area (Å²) in [5, 5.41) is 4.48. The zero-order chi connectivity index (χ0) is 24.4. The topological polar surface area (TPSA) is 106 Å². The molecular weight excluding hydrogens is 466 g/mol. The summed E-state index contributed by atoms with van der Waals surface area (Å²) < 4.78 is 39.5. The van der Waals surface area contributed by atoms with Gasteiger partial charge in [0.15, 0.2) is 5.82 Å². The molecule has 35 heavy (non-hydrogen) atoms. The third kappa shape index (κ3) is 4.53. The zero-order valence-electron chi connectivity index (χ0n) is 19.0. The van der Waals surface area contributed by atoms with E-state index in [9.17, 15) is 13.2 Å². The number of aromatic amines is 1. The molecule has 1 fully saturated rings. The number of methoxy groups -OCH3 is 1. The third-order valence-electron chi connectivity index (χ3n) is 6.04. The van der Waals surface area contributed by atoms with Crippen LogP contribution in [0.1, 0.15) is 31.2 Å². The summed E-state index contributed by atoms with van der Waals surface area (Å²) in [7, 11) is -2.69. The number of aromatic nitrogens is 2. The van der Waals surface area contributed by atoms with Crippen LogP contribution in [0.25, 0.3) is 10.9 Å². The van der Waals surface area contributed by atoms with Crippen molar-refractivity contribution < 1.29 is 17.7 Å². The second kappa shape index (κ2) is 9.31. The van der Waals surface area contributed by atoms with E-state index in [0.29, 0.717) is 28.1 Å². The number of H-pyrrole nitrogens is 1. The molecule has 178 valence electrons. The van der Waals surface area contributed by atoms with Crippen molar-refractivity contribution in [2.24, 2.45) is 5.92 Å². The zero-order valence-corrected chi connectivity index (χ0v) is 19.8. The molecule has 2 heterocycles. The van der Waals surface area contributed by atoms with Gasteiger partial charge in [-0.3, -0.25) is 4.79 Å². The third-order valence-corrected chi connectivity index (χ3v) is 7.75. The predicted molar refractivity (Wildman–Crippen MR) is 132 cm³/mol. The van der Waals surface area contributed by atoms with E-state index in [1.165, 1.54) is 50.5 Å². The van der Waals surface area contributed by atoms with Crippen molar-refractivity contribution in [3.05, 3.63) is 76.8 Å². The Morgan fingerprint density at radius 2 is 1.91 bits per heavy atom. The molecule has 1 aliphatic rings. The molecule has 0 radical (unpaired) electrons. The number of pyridine rings is 1. The average molecular weight is 490 g/mol. The predicted octanol–water partition coefficient (Wildman–Crippen LogP) is 4.59. The van der Waals surface area contributed by atoms with E-state index in [1.807, 2.05) is 6.07 Å². The fourth-order valence-corrected chi connectivity index (χ4v) is 5.74. The highest BCUT2D eigenvalue weighted by Gasteiger charge is 2.31. The largest absolute Gasteiger partial charge is 0.495 e. The van der Waals surface area contributed by atoms with Crippen LogP contribution >= 0.6 is 0 Å². The Hall–Kier alpha value is -4.03. The second-order valence-corrected chi connectivity index (χ2v) is 10.1. The number of sulfonamides is 1. The lowest BCUT2D eigenvalue weighted by Crippen LogP contribution is -2.27. The lowest BCUT2D eigenvalue weighted by Gasteiger charge is -2.24. The summed E-state index contributed by atoms with van der Waals surface area (Å²) in [6.07, 6.45) is 5.85. The molecule has 1 saturated carbocycles. The monoisotopic (exact) mass is 489 g/mol. The number of fused-ring (bicyclic) bond motifs is 1. The minimum absolute atomic E-state index is 0.0181. The van der Waals surface area contributed by atoms with Crippen molar-refractivity contribution in [3.8, 4) is 17.6 Å². The molecule has 0 spiro atoms. The molecule has 0 unspecified atom stereocenters. The van der Waals surface area contributed by atoms with Crippen LogP contribution in [0.3, 0.4) is 0 Å². The minimum Gasteiger partial charge on any atom is -0.495 e. The Kier molecular flexibility index (Phi) is 6.05. The minimum atomic E-state index is -4.17. The van der Waals surface area contributed by atoms with E-state index in [1.54, 1.807) is 24.3 Å². The van der Waals surface area contributed by atoms with E-state index >= 15 is 0 Å². The van der Waals surface area contributed by atoms with E-state index in [0.717, 1.165) is 17.1 Å². The summed E-state index contributed by atoms with van der Waals surface area (Å²) in [4.78, 5) is 14.3. The van der Waals surface area contributed by atoms with E-state index < -0.39 is 10.0 Å². The molecule has 0 aliphatic heterocycles. The Balaban J connectivity index is 1.64. The molecule has 1 N–H and O–H groups in total. The van der Waals surface area contributed by atoms with Gasteiger partial charge < -0.3 is 14.2 Å². The molecule has 0 atom stereocenters. The molecule has 9 heteroatoms. The van der Waals surface area contributed by atoms with Crippen LogP contribution in [-0.2, 0) is 10.0 Å². The first-order chi connectivity index (χ1) is 17.0. The van der Waals surface area contributed by atoms with Gasteiger partial charge in [-0.25, -0.2) is 12.7 Å². The quantitative estimate of drug-likeness (QED) is 0.411. The molecule has 1 aliphatic carbocycles. The lowest BCUT2D eigenvalue weighted by molar-refractivity contribution is 0.414. The second-order valence-electron chi connectivity index (χ2n) is 8.34. The smallest absolute Gasteiger partial charge is 0.270 e. The first-order valence-corrected chi connectivity index (χ1v) is 12.7. The fourth-order valence-electron chi connectivity index (χ4n) is 4.27. The summed E-state index contributed by atoms with van der Waals surface area (Å²) >= 11 is 0. The maximum atomic E-state index is 14.0. The lowest BCUT2D eigenvalue weighted by atomic mass is 10.1. The van der Waals surface area contributed by atoms with Gasteiger partial charge in [0.05, 0.1) is 12.0 Å². The first kappa shape index (κ1) is 22.7. The Morgan fingerprint density at radius 3 is 2.66 bits per heavy atom. The van der Waals surface area contributed by atoms with Crippen LogP contribution in [0.5, 0.6) is 5.75 Å². The number of benzene rings is 2. The van der Waals surface area contributed by atoms with Crippen molar-refractivity contribution in [1.29, 1.82) is 0 Å². The van der Waals surface area contributed by atoms with E-state index in [4.69, 9.17) is 9.26 Å². The van der Waals surface area contributed by atoms with Crippen molar-refractivity contribution in [1.82, 2.24) is 10.1 Å². The molecule has 8 nitrogen and oxygen atoms in total. The van der Waals surface area contributed by atoms with Gasteiger partial charge in [-0.15, -0.1) is 0 Å². The van der Waals surface area contributed by atoms with E-state index in [2.05, 4.69) is 22.0 Å². The van der Waals surface area contributed by atoms with Crippen LogP contribution in [0.15, 0.2) is 75.1 Å². The Morgan fingerprint density at radius 1 is 1.09 bits per heavy atom. The number of nitrogens with one attached hydrogen (secondary N) is 1. The van der Waals surface area contributed by atoms with Crippen molar-refractivity contribution in [2.75, 3.05) is 11.4 Å². The standard InChI is InChI=1S/C26H23N3O5S/c1-33-24-12-8-19(7-6-18-4-2-3-5-18)16-23(24)29(25-14-15-34-28-25)35(31,32)21-10-11-22-20(17-21)9-13-26(30)27-22/h8-18H,2-5H2,1H3,(H,27,30). The van der Waals surface area contributed by atoms with Gasteiger partial charge in [-0.1, -0.05) is 29.8 Å². The number of nitrogens with zero attached hydrogens (tertiary/aromatic N) is 2. The summed E-state index contributed by atoms with van der Waals surface area (Å²) in [6, 6.07) is 14.1. The normalized spacial score (nSPS) is 14.0. The first-order valence-electron chi connectivity index (χ1n) is 11.2. The average Bonchev–Trinajstić information content (AvgIpc) is 3.57. The van der Waals surface area contributed by atoms with Gasteiger partial charge in [-0.2, -0.15) is 0 Å². The fraction of sp³-hybridized carbons (Fsp3) is 0.231. The van der Waals surface area contributed by atoms with Crippen molar-refractivity contribution in [3.63, 3.8) is 0 Å². The van der Waals surface area contributed by atoms with Gasteiger partial charge in [-0.05, 0) is 60.7 Å². The molecule has 5 rings (SSSR count). The Bertz CT molecular complexity index is 1590. The van der Waals surface area contributed by atoms with Gasteiger partial charge in [0.2, 0.25) is 5.56 Å². The maximum absolute atomic E-state index is 14.0. The number of hydrogen-bond donors (Lipinski definition) is 1. The van der Waals surface area contributed by atoms with Crippen LogP contribution in [0, 0.1) is 17.8 Å². The van der Waals surface area contributed by atoms with Gasteiger partial charge in [0, 0.05) is 29.1 Å². The number of hydrogen-bond acceptors (Lipinski definition) is 6.